The SMILES string of the molecule is CC(C)(C)c1cccc(N2c3cc(C(C)(C)C)ccc3B3c4ccccc4-c4cc(-c5cccc6oc7ccccc7c56)cc2c43)c1. The molecule has 2 aliphatic heterocycles. The van der Waals surface area contributed by atoms with Gasteiger partial charge in [-0.3, -0.25) is 0 Å². The lowest BCUT2D eigenvalue weighted by molar-refractivity contribution is 0.590. The third-order valence-corrected chi connectivity index (χ3v) is 10.4. The molecule has 0 atom stereocenters. The maximum atomic E-state index is 6.36. The monoisotopic (exact) mass is 607 g/mol. The Morgan fingerprint density at radius 2 is 1.23 bits per heavy atom. The molecule has 0 fully saturated rings. The van der Waals surface area contributed by atoms with E-state index in [0.29, 0.717) is 0 Å². The van der Waals surface area contributed by atoms with Crippen LogP contribution in [0.1, 0.15) is 52.7 Å². The summed E-state index contributed by atoms with van der Waals surface area (Å²) in [6.07, 6.45) is 0. The van der Waals surface area contributed by atoms with Crippen molar-refractivity contribution >= 4 is 62.1 Å². The van der Waals surface area contributed by atoms with E-state index in [1.165, 1.54) is 72.2 Å². The van der Waals surface area contributed by atoms with Crippen molar-refractivity contribution in [2.75, 3.05) is 4.90 Å². The first-order valence-corrected chi connectivity index (χ1v) is 16.8. The molecule has 0 aliphatic carbocycles. The van der Waals surface area contributed by atoms with Crippen molar-refractivity contribution < 1.29 is 4.42 Å². The van der Waals surface area contributed by atoms with Crippen LogP contribution in [0.5, 0.6) is 0 Å². The van der Waals surface area contributed by atoms with Crippen molar-refractivity contribution in [2.45, 2.75) is 52.4 Å². The zero-order valence-corrected chi connectivity index (χ0v) is 28.0. The van der Waals surface area contributed by atoms with E-state index in [9.17, 15) is 0 Å². The van der Waals surface area contributed by atoms with E-state index in [4.69, 9.17) is 4.42 Å². The topological polar surface area (TPSA) is 16.4 Å². The number of anilines is 3. The van der Waals surface area contributed by atoms with Crippen LogP contribution in [0.15, 0.2) is 126 Å². The quantitative estimate of drug-likeness (QED) is 0.182. The number of fused-ring (bicyclic) bond motifs is 8. The van der Waals surface area contributed by atoms with Gasteiger partial charge in [0.05, 0.1) is 0 Å². The average molecular weight is 608 g/mol. The van der Waals surface area contributed by atoms with Crippen LogP contribution in [0.2, 0.25) is 0 Å². The van der Waals surface area contributed by atoms with Gasteiger partial charge in [-0.25, -0.2) is 0 Å². The lowest BCUT2D eigenvalue weighted by Gasteiger charge is -2.38. The Balaban J connectivity index is 1.39. The molecule has 9 rings (SSSR count). The molecule has 0 radical (unpaired) electrons. The van der Waals surface area contributed by atoms with E-state index in [1.807, 2.05) is 6.07 Å². The van der Waals surface area contributed by atoms with Gasteiger partial charge >= 0.3 is 0 Å². The molecule has 47 heavy (non-hydrogen) atoms. The number of para-hydroxylation sites is 1. The van der Waals surface area contributed by atoms with Gasteiger partial charge in [-0.15, -0.1) is 0 Å². The van der Waals surface area contributed by atoms with Gasteiger partial charge in [-0.1, -0.05) is 126 Å². The van der Waals surface area contributed by atoms with Crippen molar-refractivity contribution in [2.24, 2.45) is 0 Å². The molecule has 0 N–H and O–H groups in total. The van der Waals surface area contributed by atoms with Crippen molar-refractivity contribution in [1.82, 2.24) is 0 Å². The van der Waals surface area contributed by atoms with Gasteiger partial charge in [-0.2, -0.15) is 0 Å². The smallest absolute Gasteiger partial charge is 0.248 e. The summed E-state index contributed by atoms with van der Waals surface area (Å²) in [6, 6.07) is 45.2. The fraction of sp³-hybridized carbons (Fsp3) is 0.182. The fourth-order valence-corrected chi connectivity index (χ4v) is 7.96. The summed E-state index contributed by atoms with van der Waals surface area (Å²) in [6.45, 7) is 14.0. The van der Waals surface area contributed by atoms with E-state index in [-0.39, 0.29) is 17.5 Å². The summed E-state index contributed by atoms with van der Waals surface area (Å²) in [7, 11) is 0. The van der Waals surface area contributed by atoms with Crippen molar-refractivity contribution in [3.8, 4) is 22.3 Å². The molecule has 2 nitrogen and oxygen atoms in total. The molecule has 0 saturated heterocycles. The third kappa shape index (κ3) is 4.19. The van der Waals surface area contributed by atoms with E-state index >= 15 is 0 Å². The number of benzene rings is 6. The molecule has 0 amide bonds. The highest BCUT2D eigenvalue weighted by Crippen LogP contribution is 2.46. The lowest BCUT2D eigenvalue weighted by Crippen LogP contribution is -2.54. The van der Waals surface area contributed by atoms with Crippen LogP contribution in [0.4, 0.5) is 17.1 Å². The first kappa shape index (κ1) is 28.2. The summed E-state index contributed by atoms with van der Waals surface area (Å²) in [4.78, 5) is 2.55. The van der Waals surface area contributed by atoms with E-state index in [1.54, 1.807) is 0 Å². The normalized spacial score (nSPS) is 13.7. The fourth-order valence-electron chi connectivity index (χ4n) is 7.96. The molecule has 0 saturated carbocycles. The number of furan rings is 1. The molecule has 228 valence electrons. The Morgan fingerprint density at radius 3 is 2.06 bits per heavy atom. The molecule has 1 aromatic heterocycles. The highest BCUT2D eigenvalue weighted by molar-refractivity contribution is 7.01. The Bertz CT molecular complexity index is 2400. The predicted octanol–water partition coefficient (Wildman–Crippen LogP) is 10.1. The number of nitrogens with zero attached hydrogens (tertiary/aromatic N) is 1. The second-order valence-electron chi connectivity index (χ2n) is 15.4. The molecular weight excluding hydrogens is 569 g/mol. The zero-order chi connectivity index (χ0) is 32.2. The van der Waals surface area contributed by atoms with E-state index in [0.717, 1.165) is 16.6 Å². The number of hydrogen-bond donors (Lipinski definition) is 0. The minimum absolute atomic E-state index is 0.0206. The van der Waals surface area contributed by atoms with Gasteiger partial charge in [0.2, 0.25) is 6.71 Å². The molecule has 6 aromatic carbocycles. The minimum atomic E-state index is 0.0206. The third-order valence-electron chi connectivity index (χ3n) is 10.4. The number of rotatable bonds is 2. The van der Waals surface area contributed by atoms with Crippen molar-refractivity contribution in [3.05, 3.63) is 132 Å². The minimum Gasteiger partial charge on any atom is -0.456 e. The standard InChI is InChI=1S/C44H38BNO/c1-43(2,3)28-13-11-14-30(25-28)46-37-26-29(44(4,5)6)21-22-36(37)45-35-18-9-7-15-32(35)34-23-27(24-38(46)42(34)45)31-17-12-20-40-41(31)33-16-8-10-19-39(33)47-40/h7-26H,1-6H3. The molecular formula is C44H38BNO. The first-order chi connectivity index (χ1) is 22.6. The Labute approximate surface area is 277 Å². The average Bonchev–Trinajstić information content (AvgIpc) is 3.61. The van der Waals surface area contributed by atoms with Crippen molar-refractivity contribution in [3.63, 3.8) is 0 Å². The van der Waals surface area contributed by atoms with Crippen LogP contribution in [-0.2, 0) is 10.8 Å². The molecule has 2 aliphatic rings. The van der Waals surface area contributed by atoms with Crippen LogP contribution in [0.25, 0.3) is 44.2 Å². The van der Waals surface area contributed by atoms with Gasteiger partial charge in [0.25, 0.3) is 0 Å². The summed E-state index contributed by atoms with van der Waals surface area (Å²) >= 11 is 0. The van der Waals surface area contributed by atoms with Crippen LogP contribution < -0.4 is 21.3 Å². The summed E-state index contributed by atoms with van der Waals surface area (Å²) in [5.41, 5.74) is 17.5. The van der Waals surface area contributed by atoms with Gasteiger partial charge < -0.3 is 9.32 Å². The van der Waals surface area contributed by atoms with Crippen LogP contribution in [0.3, 0.4) is 0 Å². The molecule has 3 heteroatoms. The molecule has 0 unspecified atom stereocenters. The van der Waals surface area contributed by atoms with Gasteiger partial charge in [0.1, 0.15) is 11.2 Å². The maximum absolute atomic E-state index is 6.36. The second kappa shape index (κ2) is 9.75. The van der Waals surface area contributed by atoms with E-state index < -0.39 is 0 Å². The molecule has 3 heterocycles. The lowest BCUT2D eigenvalue weighted by atomic mass is 9.37. The summed E-state index contributed by atoms with van der Waals surface area (Å²) in [5, 5.41) is 2.33. The van der Waals surface area contributed by atoms with E-state index in [2.05, 4.69) is 162 Å². The Hall–Kier alpha value is -5.02. The Kier molecular flexibility index (Phi) is 5.85. The second-order valence-corrected chi connectivity index (χ2v) is 15.4. The predicted molar refractivity (Wildman–Crippen MR) is 201 cm³/mol. The largest absolute Gasteiger partial charge is 0.456 e. The molecule has 0 bridgehead atoms. The first-order valence-electron chi connectivity index (χ1n) is 16.8. The van der Waals surface area contributed by atoms with Crippen LogP contribution in [-0.4, -0.2) is 6.71 Å². The Morgan fingerprint density at radius 1 is 0.532 bits per heavy atom. The zero-order valence-electron chi connectivity index (χ0n) is 28.0. The molecule has 0 spiro atoms. The van der Waals surface area contributed by atoms with Crippen LogP contribution >= 0.6 is 0 Å². The molecule has 7 aromatic rings. The maximum Gasteiger partial charge on any atom is 0.248 e. The van der Waals surface area contributed by atoms with Crippen LogP contribution in [0, 0.1) is 0 Å². The highest BCUT2D eigenvalue weighted by Gasteiger charge is 2.43. The number of hydrogen-bond acceptors (Lipinski definition) is 2. The summed E-state index contributed by atoms with van der Waals surface area (Å²) in [5.74, 6) is 0. The summed E-state index contributed by atoms with van der Waals surface area (Å²) < 4.78 is 6.36. The van der Waals surface area contributed by atoms with Crippen molar-refractivity contribution in [1.29, 1.82) is 0 Å². The van der Waals surface area contributed by atoms with Gasteiger partial charge in [-0.05, 0) is 97.6 Å². The van der Waals surface area contributed by atoms with Gasteiger partial charge in [0.15, 0.2) is 0 Å². The highest BCUT2D eigenvalue weighted by atomic mass is 16.3. The van der Waals surface area contributed by atoms with Gasteiger partial charge in [0, 0.05) is 27.8 Å².